The van der Waals surface area contributed by atoms with E-state index < -0.39 is 22.7 Å². The Balaban J connectivity index is 2.98. The second-order valence-corrected chi connectivity index (χ2v) is 4.90. The molecule has 0 aliphatic carbocycles. The molecule has 0 aliphatic rings. The maximum Gasteiger partial charge on any atom is 0.359 e. The number of aliphatic carboxylic acids is 1. The molecule has 0 unspecified atom stereocenters. The number of nitrogens with two attached hydrogens (primary N) is 1. The van der Waals surface area contributed by atoms with Crippen LogP contribution in [0.25, 0.3) is 0 Å². The monoisotopic (exact) mass is 274 g/mol. The van der Waals surface area contributed by atoms with E-state index in [1.54, 1.807) is 12.1 Å². The molecular weight excluding hydrogens is 260 g/mol. The summed E-state index contributed by atoms with van der Waals surface area (Å²) < 4.78 is 32.0. The fraction of sp³-hybridized carbons (Fsp3) is 0.300. The molecule has 0 heterocycles. The van der Waals surface area contributed by atoms with Crippen LogP contribution in [0.15, 0.2) is 24.3 Å². The van der Waals surface area contributed by atoms with E-state index in [1.165, 1.54) is 12.1 Å². The second-order valence-electron chi connectivity index (χ2n) is 3.56. The normalized spacial score (nSPS) is 11.2. The van der Waals surface area contributed by atoms with Gasteiger partial charge in [0.15, 0.2) is 0 Å². The summed E-state index contributed by atoms with van der Waals surface area (Å²) in [6, 6.07) is 6.12. The first-order chi connectivity index (χ1) is 8.34. The van der Waals surface area contributed by atoms with Gasteiger partial charge in [-0.3, -0.25) is 9.35 Å². The maximum atomic E-state index is 11.2. The molecule has 0 bridgehead atoms. The molecule has 0 amide bonds. The number of nitrogens with zero attached hydrogens (tertiary/aromatic N) is 1. The molecular formula is C10H14N2O5S. The van der Waals surface area contributed by atoms with Crippen molar-refractivity contribution in [3.8, 4) is 0 Å². The second kappa shape index (κ2) is 5.80. The van der Waals surface area contributed by atoms with E-state index in [9.17, 15) is 13.2 Å². The highest BCUT2D eigenvalue weighted by Gasteiger charge is 2.20. The number of rotatable bonds is 6. The van der Waals surface area contributed by atoms with E-state index in [0.29, 0.717) is 10.8 Å². The third-order valence-corrected chi connectivity index (χ3v) is 3.22. The molecule has 1 rings (SSSR count). The van der Waals surface area contributed by atoms with Gasteiger partial charge in [0.25, 0.3) is 0 Å². The van der Waals surface area contributed by atoms with Crippen molar-refractivity contribution in [3.05, 3.63) is 29.8 Å². The van der Waals surface area contributed by atoms with Gasteiger partial charge in [-0.05, 0) is 17.7 Å². The Bertz CT molecular complexity index is 512. The van der Waals surface area contributed by atoms with Gasteiger partial charge in [0.05, 0.1) is 12.1 Å². The molecule has 0 aromatic heterocycles. The zero-order valence-corrected chi connectivity index (χ0v) is 10.3. The van der Waals surface area contributed by atoms with Crippen LogP contribution in [-0.4, -0.2) is 30.6 Å². The van der Waals surface area contributed by atoms with Crippen molar-refractivity contribution < 1.29 is 22.9 Å². The highest BCUT2D eigenvalue weighted by Crippen LogP contribution is 2.18. The van der Waals surface area contributed by atoms with Crippen LogP contribution in [-0.2, 0) is 21.6 Å². The fourth-order valence-electron chi connectivity index (χ4n) is 1.37. The van der Waals surface area contributed by atoms with Crippen molar-refractivity contribution >= 4 is 22.0 Å². The predicted octanol–water partition coefficient (Wildman–Crippen LogP) is 0.229. The van der Waals surface area contributed by atoms with Crippen molar-refractivity contribution in [2.45, 2.75) is 13.0 Å². The summed E-state index contributed by atoms with van der Waals surface area (Å²) in [6.07, 6.45) is -0.404. The van der Waals surface area contributed by atoms with Crippen molar-refractivity contribution in [1.29, 1.82) is 0 Å². The molecule has 0 saturated carbocycles. The Morgan fingerprint density at radius 1 is 1.28 bits per heavy atom. The van der Waals surface area contributed by atoms with E-state index in [-0.39, 0.29) is 12.2 Å². The summed E-state index contributed by atoms with van der Waals surface area (Å²) in [5.41, 5.74) is 6.39. The van der Waals surface area contributed by atoms with Crippen molar-refractivity contribution in [2.24, 2.45) is 5.73 Å². The smallest absolute Gasteiger partial charge is 0.359 e. The summed E-state index contributed by atoms with van der Waals surface area (Å²) in [7, 11) is -4.49. The maximum absolute atomic E-state index is 11.2. The SMILES string of the molecule is NCc1ccc(N(CCC(=O)O)S(=O)(=O)O)cc1. The lowest BCUT2D eigenvalue weighted by Crippen LogP contribution is -2.32. The van der Waals surface area contributed by atoms with Crippen LogP contribution in [0, 0.1) is 0 Å². The van der Waals surface area contributed by atoms with Gasteiger partial charge < -0.3 is 10.8 Å². The fourth-order valence-corrected chi connectivity index (χ4v) is 2.08. The summed E-state index contributed by atoms with van der Waals surface area (Å²) in [5.74, 6) is -1.15. The minimum absolute atomic E-state index is 0.191. The van der Waals surface area contributed by atoms with Crippen LogP contribution in [0.5, 0.6) is 0 Å². The molecule has 1 aromatic carbocycles. The van der Waals surface area contributed by atoms with E-state index in [1.807, 2.05) is 0 Å². The standard InChI is InChI=1S/C10H14N2O5S/c11-7-8-1-3-9(4-2-8)12(18(15,16)17)6-5-10(13)14/h1-4H,5-7,11H2,(H,13,14)(H,15,16,17). The first kappa shape index (κ1) is 14.4. The average Bonchev–Trinajstić information content (AvgIpc) is 2.28. The third kappa shape index (κ3) is 3.99. The Morgan fingerprint density at radius 2 is 1.83 bits per heavy atom. The van der Waals surface area contributed by atoms with E-state index >= 15 is 0 Å². The number of benzene rings is 1. The number of carboxylic acids is 1. The highest BCUT2D eigenvalue weighted by atomic mass is 32.2. The number of anilines is 1. The van der Waals surface area contributed by atoms with Crippen LogP contribution in [0.3, 0.4) is 0 Å². The molecule has 0 saturated heterocycles. The van der Waals surface area contributed by atoms with Crippen LogP contribution in [0.4, 0.5) is 5.69 Å². The van der Waals surface area contributed by atoms with Gasteiger partial charge in [-0.25, -0.2) is 4.31 Å². The van der Waals surface area contributed by atoms with Gasteiger partial charge in [0.1, 0.15) is 0 Å². The Kier molecular flexibility index (Phi) is 4.65. The van der Waals surface area contributed by atoms with Crippen molar-refractivity contribution in [1.82, 2.24) is 0 Å². The summed E-state index contributed by atoms with van der Waals surface area (Å²) in [6.45, 7) is -0.0303. The molecule has 7 nitrogen and oxygen atoms in total. The van der Waals surface area contributed by atoms with Crippen LogP contribution in [0.1, 0.15) is 12.0 Å². The molecule has 4 N–H and O–H groups in total. The molecule has 0 aliphatic heterocycles. The summed E-state index contributed by atoms with van der Waals surface area (Å²) in [4.78, 5) is 10.4. The zero-order valence-electron chi connectivity index (χ0n) is 9.48. The number of hydrogen-bond acceptors (Lipinski definition) is 4. The van der Waals surface area contributed by atoms with Crippen LogP contribution >= 0.6 is 0 Å². The quantitative estimate of drug-likeness (QED) is 0.638. The largest absolute Gasteiger partial charge is 0.481 e. The minimum atomic E-state index is -4.49. The molecule has 0 atom stereocenters. The number of carboxylic acid groups (broad SMARTS) is 1. The van der Waals surface area contributed by atoms with Gasteiger partial charge in [-0.2, -0.15) is 8.42 Å². The minimum Gasteiger partial charge on any atom is -0.481 e. The Labute approximate surface area is 105 Å². The molecule has 0 radical (unpaired) electrons. The van der Waals surface area contributed by atoms with Gasteiger partial charge in [0, 0.05) is 13.1 Å². The Hall–Kier alpha value is -1.64. The third-order valence-electron chi connectivity index (χ3n) is 2.27. The van der Waals surface area contributed by atoms with Crippen molar-refractivity contribution in [2.75, 3.05) is 10.8 Å². The lowest BCUT2D eigenvalue weighted by atomic mass is 10.2. The predicted molar refractivity (Wildman–Crippen MR) is 65.5 cm³/mol. The molecule has 1 aromatic rings. The first-order valence-corrected chi connectivity index (χ1v) is 6.50. The molecule has 0 spiro atoms. The lowest BCUT2D eigenvalue weighted by Gasteiger charge is -2.20. The topological polar surface area (TPSA) is 121 Å². The van der Waals surface area contributed by atoms with E-state index in [0.717, 1.165) is 5.56 Å². The van der Waals surface area contributed by atoms with Crippen molar-refractivity contribution in [3.63, 3.8) is 0 Å². The molecule has 0 fully saturated rings. The molecule has 8 heteroatoms. The van der Waals surface area contributed by atoms with Gasteiger partial charge in [0.2, 0.25) is 0 Å². The summed E-state index contributed by atoms with van der Waals surface area (Å²) >= 11 is 0. The van der Waals surface area contributed by atoms with Gasteiger partial charge in [-0.15, -0.1) is 0 Å². The first-order valence-electron chi connectivity index (χ1n) is 5.10. The van der Waals surface area contributed by atoms with E-state index in [2.05, 4.69) is 0 Å². The number of hydrogen-bond donors (Lipinski definition) is 3. The van der Waals surface area contributed by atoms with Crippen LogP contribution in [0.2, 0.25) is 0 Å². The van der Waals surface area contributed by atoms with E-state index in [4.69, 9.17) is 15.4 Å². The number of carbonyl (C=O) groups is 1. The molecule has 18 heavy (non-hydrogen) atoms. The van der Waals surface area contributed by atoms with Crippen LogP contribution < -0.4 is 10.0 Å². The highest BCUT2D eigenvalue weighted by molar-refractivity contribution is 7.87. The lowest BCUT2D eigenvalue weighted by molar-refractivity contribution is -0.136. The molecule has 100 valence electrons. The van der Waals surface area contributed by atoms with Gasteiger partial charge >= 0.3 is 16.3 Å². The van der Waals surface area contributed by atoms with Gasteiger partial charge in [-0.1, -0.05) is 12.1 Å². The Morgan fingerprint density at radius 3 is 2.22 bits per heavy atom. The summed E-state index contributed by atoms with van der Waals surface area (Å²) in [5, 5.41) is 8.54. The zero-order chi connectivity index (χ0) is 13.8. The average molecular weight is 274 g/mol.